The molecule has 0 bridgehead atoms. The highest BCUT2D eigenvalue weighted by Crippen LogP contribution is 2.36. The van der Waals surface area contributed by atoms with E-state index in [1.807, 2.05) is 0 Å². The van der Waals surface area contributed by atoms with Gasteiger partial charge < -0.3 is 5.32 Å². The van der Waals surface area contributed by atoms with E-state index in [2.05, 4.69) is 10.4 Å². The minimum absolute atomic E-state index is 0.0700. The lowest BCUT2D eigenvalue weighted by Crippen LogP contribution is -2.25. The maximum atomic E-state index is 12.7. The number of amides is 1. The number of hydrogen-bond acceptors (Lipinski definition) is 2. The van der Waals surface area contributed by atoms with Gasteiger partial charge in [0.05, 0.1) is 17.0 Å². The van der Waals surface area contributed by atoms with E-state index in [1.165, 1.54) is 12.1 Å². The SMILES string of the molecule is Cn1nccc1CC(=O)NCc1cccc(C(F)(F)F)c1Cl. The number of aryl methyl sites for hydroxylation is 1. The highest BCUT2D eigenvalue weighted by Gasteiger charge is 2.33. The van der Waals surface area contributed by atoms with E-state index in [1.54, 1.807) is 24.0 Å². The topological polar surface area (TPSA) is 46.9 Å². The Kier molecular flexibility index (Phi) is 4.75. The predicted octanol–water partition coefficient (Wildman–Crippen LogP) is 2.95. The van der Waals surface area contributed by atoms with Crippen molar-refractivity contribution in [1.82, 2.24) is 15.1 Å². The summed E-state index contributed by atoms with van der Waals surface area (Å²) in [5.41, 5.74) is 0.00929. The molecule has 1 amide bonds. The number of carbonyl (C=O) groups excluding carboxylic acids is 1. The fraction of sp³-hybridized carbons (Fsp3) is 0.286. The summed E-state index contributed by atoms with van der Waals surface area (Å²) in [4.78, 5) is 11.8. The maximum absolute atomic E-state index is 12.7. The average molecular weight is 332 g/mol. The molecule has 0 fully saturated rings. The van der Waals surface area contributed by atoms with E-state index in [0.29, 0.717) is 5.69 Å². The Morgan fingerprint density at radius 1 is 1.36 bits per heavy atom. The molecule has 4 nitrogen and oxygen atoms in total. The van der Waals surface area contributed by atoms with Crippen LogP contribution in [0, 0.1) is 0 Å². The summed E-state index contributed by atoms with van der Waals surface area (Å²) in [6.07, 6.45) is -2.87. The monoisotopic (exact) mass is 331 g/mol. The summed E-state index contributed by atoms with van der Waals surface area (Å²) >= 11 is 5.76. The number of nitrogens with zero attached hydrogens (tertiary/aromatic N) is 2. The lowest BCUT2D eigenvalue weighted by atomic mass is 10.1. The molecule has 0 unspecified atom stereocenters. The number of carbonyl (C=O) groups is 1. The zero-order valence-electron chi connectivity index (χ0n) is 11.6. The fourth-order valence-corrected chi connectivity index (χ4v) is 2.23. The Hall–Kier alpha value is -2.02. The summed E-state index contributed by atoms with van der Waals surface area (Å²) in [6, 6.07) is 5.30. The van der Waals surface area contributed by atoms with Crippen LogP contribution in [0.15, 0.2) is 30.5 Å². The molecule has 1 heterocycles. The second-order valence-corrected chi connectivity index (χ2v) is 5.05. The number of aromatic nitrogens is 2. The van der Waals surface area contributed by atoms with Crippen molar-refractivity contribution in [3.8, 4) is 0 Å². The van der Waals surface area contributed by atoms with E-state index in [9.17, 15) is 18.0 Å². The number of rotatable bonds is 4. The van der Waals surface area contributed by atoms with Crippen molar-refractivity contribution in [2.75, 3.05) is 0 Å². The van der Waals surface area contributed by atoms with Crippen molar-refractivity contribution in [3.63, 3.8) is 0 Å². The molecule has 0 radical (unpaired) electrons. The first-order chi connectivity index (χ1) is 10.3. The van der Waals surface area contributed by atoms with Crippen LogP contribution in [-0.2, 0) is 31.0 Å². The van der Waals surface area contributed by atoms with E-state index < -0.39 is 16.8 Å². The van der Waals surface area contributed by atoms with Crippen molar-refractivity contribution in [2.45, 2.75) is 19.1 Å². The van der Waals surface area contributed by atoms with E-state index in [-0.39, 0.29) is 24.4 Å². The summed E-state index contributed by atoms with van der Waals surface area (Å²) in [7, 11) is 1.70. The van der Waals surface area contributed by atoms with Gasteiger partial charge in [-0.25, -0.2) is 0 Å². The number of hydrogen-bond donors (Lipinski definition) is 1. The van der Waals surface area contributed by atoms with Crippen LogP contribution in [0.1, 0.15) is 16.8 Å². The van der Waals surface area contributed by atoms with Crippen molar-refractivity contribution in [1.29, 1.82) is 0 Å². The van der Waals surface area contributed by atoms with Crippen LogP contribution in [0.3, 0.4) is 0 Å². The van der Waals surface area contributed by atoms with Gasteiger partial charge in [0.1, 0.15) is 0 Å². The molecule has 1 aromatic carbocycles. The second kappa shape index (κ2) is 6.39. The molecule has 0 atom stereocenters. The third-order valence-corrected chi connectivity index (χ3v) is 3.57. The molecule has 0 aliphatic heterocycles. The standard InChI is InChI=1S/C14H13ClF3N3O/c1-21-10(5-6-20-21)7-12(22)19-8-9-3-2-4-11(13(9)15)14(16,17)18/h2-6H,7-8H2,1H3,(H,19,22). The van der Waals surface area contributed by atoms with E-state index in [0.717, 1.165) is 6.07 Å². The Balaban J connectivity index is 2.03. The van der Waals surface area contributed by atoms with Gasteiger partial charge in [-0.2, -0.15) is 18.3 Å². The molecular weight excluding hydrogens is 319 g/mol. The molecule has 0 saturated heterocycles. The van der Waals surface area contributed by atoms with Crippen molar-refractivity contribution in [2.24, 2.45) is 7.05 Å². The van der Waals surface area contributed by atoms with Crippen LogP contribution in [0.25, 0.3) is 0 Å². The van der Waals surface area contributed by atoms with E-state index >= 15 is 0 Å². The molecule has 2 aromatic rings. The normalized spacial score (nSPS) is 11.5. The lowest BCUT2D eigenvalue weighted by molar-refractivity contribution is -0.137. The molecule has 0 aliphatic rings. The van der Waals surface area contributed by atoms with Crippen LogP contribution in [0.5, 0.6) is 0 Å². The third kappa shape index (κ3) is 3.79. The number of nitrogens with one attached hydrogen (secondary N) is 1. The Morgan fingerprint density at radius 3 is 2.68 bits per heavy atom. The smallest absolute Gasteiger partial charge is 0.352 e. The van der Waals surface area contributed by atoms with Gasteiger partial charge >= 0.3 is 6.18 Å². The van der Waals surface area contributed by atoms with Crippen LogP contribution in [0.4, 0.5) is 13.2 Å². The zero-order valence-corrected chi connectivity index (χ0v) is 12.4. The maximum Gasteiger partial charge on any atom is 0.417 e. The first-order valence-electron chi connectivity index (χ1n) is 6.37. The van der Waals surface area contributed by atoms with Gasteiger partial charge in [0.25, 0.3) is 0 Å². The quantitative estimate of drug-likeness (QED) is 0.936. The molecule has 2 rings (SSSR count). The molecular formula is C14H13ClF3N3O. The first-order valence-corrected chi connectivity index (χ1v) is 6.75. The first kappa shape index (κ1) is 16.4. The van der Waals surface area contributed by atoms with Crippen molar-refractivity contribution in [3.05, 3.63) is 52.3 Å². The molecule has 22 heavy (non-hydrogen) atoms. The summed E-state index contributed by atoms with van der Waals surface area (Å²) < 4.78 is 39.8. The van der Waals surface area contributed by atoms with Gasteiger partial charge in [0.15, 0.2) is 0 Å². The molecule has 0 saturated carbocycles. The minimum Gasteiger partial charge on any atom is -0.352 e. The Bertz CT molecular complexity index is 682. The molecule has 0 spiro atoms. The molecule has 8 heteroatoms. The molecule has 0 aliphatic carbocycles. The summed E-state index contributed by atoms with van der Waals surface area (Å²) in [6.45, 7) is -0.0700. The average Bonchev–Trinajstić information content (AvgIpc) is 2.82. The van der Waals surface area contributed by atoms with Crippen molar-refractivity contribution >= 4 is 17.5 Å². The van der Waals surface area contributed by atoms with Gasteiger partial charge in [0.2, 0.25) is 5.91 Å². The molecule has 1 N–H and O–H groups in total. The Labute approximate surface area is 129 Å². The molecule has 118 valence electrons. The van der Waals surface area contributed by atoms with Crippen molar-refractivity contribution < 1.29 is 18.0 Å². The van der Waals surface area contributed by atoms with Crippen LogP contribution >= 0.6 is 11.6 Å². The zero-order chi connectivity index (χ0) is 16.3. The summed E-state index contributed by atoms with van der Waals surface area (Å²) in [5, 5.41) is 6.09. The summed E-state index contributed by atoms with van der Waals surface area (Å²) in [5.74, 6) is -0.322. The highest BCUT2D eigenvalue weighted by atomic mass is 35.5. The number of alkyl halides is 3. The largest absolute Gasteiger partial charge is 0.417 e. The van der Waals surface area contributed by atoms with Crippen LogP contribution in [-0.4, -0.2) is 15.7 Å². The van der Waals surface area contributed by atoms with Gasteiger partial charge in [-0.05, 0) is 17.7 Å². The fourth-order valence-electron chi connectivity index (χ4n) is 1.93. The predicted molar refractivity (Wildman–Crippen MR) is 75.2 cm³/mol. The van der Waals surface area contributed by atoms with Gasteiger partial charge in [-0.15, -0.1) is 0 Å². The number of benzene rings is 1. The number of halogens is 4. The van der Waals surface area contributed by atoms with Gasteiger partial charge in [-0.3, -0.25) is 9.48 Å². The Morgan fingerprint density at radius 2 is 2.09 bits per heavy atom. The van der Waals surface area contributed by atoms with Crippen LogP contribution in [0.2, 0.25) is 5.02 Å². The molecule has 1 aromatic heterocycles. The third-order valence-electron chi connectivity index (χ3n) is 3.12. The minimum atomic E-state index is -4.52. The lowest BCUT2D eigenvalue weighted by Gasteiger charge is -2.13. The highest BCUT2D eigenvalue weighted by molar-refractivity contribution is 6.32. The van der Waals surface area contributed by atoms with Gasteiger partial charge in [0, 0.05) is 25.5 Å². The second-order valence-electron chi connectivity index (χ2n) is 4.68. The van der Waals surface area contributed by atoms with E-state index in [4.69, 9.17) is 11.6 Å². The van der Waals surface area contributed by atoms with Crippen LogP contribution < -0.4 is 5.32 Å². The van der Waals surface area contributed by atoms with Gasteiger partial charge in [-0.1, -0.05) is 23.7 Å².